The van der Waals surface area contributed by atoms with Crippen LogP contribution in [0, 0.1) is 12.7 Å². The molecule has 0 aliphatic rings. The summed E-state index contributed by atoms with van der Waals surface area (Å²) in [5, 5.41) is 0. The van der Waals surface area contributed by atoms with Gasteiger partial charge in [-0.2, -0.15) is 0 Å². The molecule has 0 spiro atoms. The van der Waals surface area contributed by atoms with Crippen molar-refractivity contribution in [1.82, 2.24) is 5.43 Å². The molecule has 0 saturated carbocycles. The first-order chi connectivity index (χ1) is 7.69. The molecule has 0 heterocycles. The highest BCUT2D eigenvalue weighted by Crippen LogP contribution is 2.16. The third-order valence-corrected chi connectivity index (χ3v) is 2.42. The first-order valence-corrected chi connectivity index (χ1v) is 5.49. The predicted octanol–water partition coefficient (Wildman–Crippen LogP) is 2.07. The van der Waals surface area contributed by atoms with Crippen LogP contribution in [0.2, 0.25) is 0 Å². The lowest BCUT2D eigenvalue weighted by Crippen LogP contribution is -2.31. The van der Waals surface area contributed by atoms with Crippen molar-refractivity contribution in [3.05, 3.63) is 35.1 Å². The SMILES string of the molecule is CCCOCC(NN)c1ccc(F)c(C)c1. The van der Waals surface area contributed by atoms with Crippen LogP contribution >= 0.6 is 0 Å². The van der Waals surface area contributed by atoms with Gasteiger partial charge in [-0.1, -0.05) is 19.1 Å². The zero-order valence-electron chi connectivity index (χ0n) is 9.79. The fraction of sp³-hybridized carbons (Fsp3) is 0.500. The molecule has 3 nitrogen and oxygen atoms in total. The minimum Gasteiger partial charge on any atom is -0.379 e. The molecule has 1 aromatic rings. The first kappa shape index (κ1) is 13.1. The Balaban J connectivity index is 2.67. The molecule has 0 amide bonds. The third kappa shape index (κ3) is 3.56. The molecule has 1 atom stereocenters. The van der Waals surface area contributed by atoms with Gasteiger partial charge in [-0.15, -0.1) is 0 Å². The molecular formula is C12H19FN2O. The molecule has 0 aliphatic carbocycles. The average molecular weight is 226 g/mol. The lowest BCUT2D eigenvalue weighted by Gasteiger charge is -2.17. The maximum atomic E-state index is 13.1. The monoisotopic (exact) mass is 226 g/mol. The summed E-state index contributed by atoms with van der Waals surface area (Å²) in [5.41, 5.74) is 4.24. The van der Waals surface area contributed by atoms with Gasteiger partial charge in [-0.05, 0) is 30.5 Å². The summed E-state index contributed by atoms with van der Waals surface area (Å²) in [4.78, 5) is 0. The number of nitrogens with two attached hydrogens (primary N) is 1. The van der Waals surface area contributed by atoms with E-state index in [-0.39, 0.29) is 11.9 Å². The Kier molecular flexibility index (Phi) is 5.38. The van der Waals surface area contributed by atoms with Crippen LogP contribution in [-0.4, -0.2) is 13.2 Å². The fourth-order valence-electron chi connectivity index (χ4n) is 1.47. The van der Waals surface area contributed by atoms with Crippen LogP contribution in [0.5, 0.6) is 0 Å². The maximum Gasteiger partial charge on any atom is 0.126 e. The largest absolute Gasteiger partial charge is 0.379 e. The van der Waals surface area contributed by atoms with Crippen molar-refractivity contribution in [2.45, 2.75) is 26.3 Å². The van der Waals surface area contributed by atoms with Crippen molar-refractivity contribution in [3.63, 3.8) is 0 Å². The zero-order chi connectivity index (χ0) is 12.0. The van der Waals surface area contributed by atoms with Gasteiger partial charge in [0.1, 0.15) is 5.82 Å². The number of benzene rings is 1. The zero-order valence-corrected chi connectivity index (χ0v) is 9.79. The molecule has 0 fully saturated rings. The number of hydrazine groups is 1. The first-order valence-electron chi connectivity index (χ1n) is 5.49. The van der Waals surface area contributed by atoms with Crippen LogP contribution in [-0.2, 0) is 4.74 Å². The molecule has 4 heteroatoms. The van der Waals surface area contributed by atoms with E-state index in [1.54, 1.807) is 19.1 Å². The van der Waals surface area contributed by atoms with Crippen molar-refractivity contribution >= 4 is 0 Å². The van der Waals surface area contributed by atoms with E-state index in [9.17, 15) is 4.39 Å². The van der Waals surface area contributed by atoms with E-state index in [0.29, 0.717) is 18.8 Å². The summed E-state index contributed by atoms with van der Waals surface area (Å²) in [5.74, 6) is 5.25. The number of hydrogen-bond acceptors (Lipinski definition) is 3. The highest BCUT2D eigenvalue weighted by atomic mass is 19.1. The highest BCUT2D eigenvalue weighted by molar-refractivity contribution is 5.26. The Labute approximate surface area is 95.8 Å². The topological polar surface area (TPSA) is 47.3 Å². The summed E-state index contributed by atoms with van der Waals surface area (Å²) in [6.45, 7) is 4.99. The Bertz CT molecular complexity index is 331. The van der Waals surface area contributed by atoms with E-state index in [1.807, 2.05) is 6.92 Å². The number of ether oxygens (including phenoxy) is 1. The molecule has 3 N–H and O–H groups in total. The number of halogens is 1. The van der Waals surface area contributed by atoms with Gasteiger partial charge in [0.2, 0.25) is 0 Å². The van der Waals surface area contributed by atoms with Gasteiger partial charge in [0.05, 0.1) is 12.6 Å². The van der Waals surface area contributed by atoms with E-state index >= 15 is 0 Å². The van der Waals surface area contributed by atoms with Crippen LogP contribution in [0.3, 0.4) is 0 Å². The molecule has 90 valence electrons. The van der Waals surface area contributed by atoms with Gasteiger partial charge in [-0.25, -0.2) is 4.39 Å². The Morgan fingerprint density at radius 2 is 2.25 bits per heavy atom. The molecule has 0 bridgehead atoms. The van der Waals surface area contributed by atoms with Gasteiger partial charge >= 0.3 is 0 Å². The van der Waals surface area contributed by atoms with Crippen molar-refractivity contribution in [2.24, 2.45) is 5.84 Å². The van der Waals surface area contributed by atoms with Crippen molar-refractivity contribution in [3.8, 4) is 0 Å². The highest BCUT2D eigenvalue weighted by Gasteiger charge is 2.10. The maximum absolute atomic E-state index is 13.1. The van der Waals surface area contributed by atoms with Gasteiger partial charge in [0.25, 0.3) is 0 Å². The molecular weight excluding hydrogens is 207 g/mol. The van der Waals surface area contributed by atoms with E-state index in [4.69, 9.17) is 10.6 Å². The van der Waals surface area contributed by atoms with Crippen molar-refractivity contribution < 1.29 is 9.13 Å². The number of hydrogen-bond donors (Lipinski definition) is 2. The molecule has 1 rings (SSSR count). The van der Waals surface area contributed by atoms with Crippen LogP contribution in [0.25, 0.3) is 0 Å². The minimum absolute atomic E-state index is 0.0918. The lowest BCUT2D eigenvalue weighted by atomic mass is 10.1. The van der Waals surface area contributed by atoms with Crippen LogP contribution < -0.4 is 11.3 Å². The second-order valence-electron chi connectivity index (χ2n) is 3.80. The lowest BCUT2D eigenvalue weighted by molar-refractivity contribution is 0.112. The Hall–Kier alpha value is -0.970. The predicted molar refractivity (Wildman–Crippen MR) is 62.3 cm³/mol. The molecule has 1 aromatic carbocycles. The number of aryl methyl sites for hydroxylation is 1. The van der Waals surface area contributed by atoms with Gasteiger partial charge in [0.15, 0.2) is 0 Å². The third-order valence-electron chi connectivity index (χ3n) is 2.42. The smallest absolute Gasteiger partial charge is 0.126 e. The van der Waals surface area contributed by atoms with Crippen molar-refractivity contribution in [2.75, 3.05) is 13.2 Å². The van der Waals surface area contributed by atoms with Gasteiger partial charge in [-0.3, -0.25) is 11.3 Å². The normalized spacial score (nSPS) is 12.8. The minimum atomic E-state index is -0.200. The second kappa shape index (κ2) is 6.58. The Morgan fingerprint density at radius 3 is 2.81 bits per heavy atom. The van der Waals surface area contributed by atoms with E-state index < -0.39 is 0 Å². The molecule has 0 aromatic heterocycles. The molecule has 0 saturated heterocycles. The summed E-state index contributed by atoms with van der Waals surface area (Å²) < 4.78 is 18.5. The standard InChI is InChI=1S/C12H19FN2O/c1-3-6-16-8-12(15-14)10-4-5-11(13)9(2)7-10/h4-5,7,12,15H,3,6,8,14H2,1-2H3. The molecule has 0 radical (unpaired) electrons. The second-order valence-corrected chi connectivity index (χ2v) is 3.80. The molecule has 0 aliphatic heterocycles. The average Bonchev–Trinajstić information content (AvgIpc) is 2.29. The quantitative estimate of drug-likeness (QED) is 0.443. The van der Waals surface area contributed by atoms with Crippen molar-refractivity contribution in [1.29, 1.82) is 0 Å². The summed E-state index contributed by atoms with van der Waals surface area (Å²) in [6, 6.07) is 4.87. The fourth-order valence-corrected chi connectivity index (χ4v) is 1.47. The number of nitrogens with one attached hydrogen (secondary N) is 1. The summed E-state index contributed by atoms with van der Waals surface area (Å²) in [7, 11) is 0. The van der Waals surface area contributed by atoms with E-state index in [0.717, 1.165) is 12.0 Å². The summed E-state index contributed by atoms with van der Waals surface area (Å²) in [6.07, 6.45) is 0.972. The van der Waals surface area contributed by atoms with E-state index in [2.05, 4.69) is 5.43 Å². The molecule has 1 unspecified atom stereocenters. The molecule has 16 heavy (non-hydrogen) atoms. The van der Waals surface area contributed by atoms with E-state index in [1.165, 1.54) is 6.07 Å². The number of rotatable bonds is 6. The van der Waals surface area contributed by atoms with Crippen LogP contribution in [0.4, 0.5) is 4.39 Å². The van der Waals surface area contributed by atoms with Crippen LogP contribution in [0.1, 0.15) is 30.5 Å². The summed E-state index contributed by atoms with van der Waals surface area (Å²) >= 11 is 0. The van der Waals surface area contributed by atoms with Crippen LogP contribution in [0.15, 0.2) is 18.2 Å². The van der Waals surface area contributed by atoms with Gasteiger partial charge in [0, 0.05) is 6.61 Å². The van der Waals surface area contributed by atoms with Gasteiger partial charge < -0.3 is 4.74 Å². The Morgan fingerprint density at radius 1 is 1.50 bits per heavy atom.